The lowest BCUT2D eigenvalue weighted by Crippen LogP contribution is -2.28. The number of hydrogen-bond acceptors (Lipinski definition) is 3. The lowest BCUT2D eigenvalue weighted by atomic mass is 10.1. The van der Waals surface area contributed by atoms with Crippen LogP contribution >= 0.6 is 0 Å². The highest BCUT2D eigenvalue weighted by molar-refractivity contribution is 6.00. The molecule has 3 amide bonds. The number of nitrogens with two attached hydrogens (primary N) is 1. The monoisotopic (exact) mass is 289 g/mol. The molecule has 0 aromatic heterocycles. The third-order valence-corrected chi connectivity index (χ3v) is 3.50. The van der Waals surface area contributed by atoms with Crippen LogP contribution in [0.3, 0.4) is 0 Å². The van der Waals surface area contributed by atoms with E-state index < -0.39 is 11.8 Å². The highest BCUT2D eigenvalue weighted by atomic mass is 16.2. The summed E-state index contributed by atoms with van der Waals surface area (Å²) in [4.78, 5) is 36.2. The molecule has 112 valence electrons. The number of anilines is 2. The van der Waals surface area contributed by atoms with Crippen molar-refractivity contribution in [2.45, 2.75) is 20.3 Å². The molecule has 6 heteroatoms. The van der Waals surface area contributed by atoms with Crippen LogP contribution < -0.4 is 16.0 Å². The predicted molar refractivity (Wildman–Crippen MR) is 79.6 cm³/mol. The number of rotatable bonds is 4. The van der Waals surface area contributed by atoms with Gasteiger partial charge in [0.2, 0.25) is 17.7 Å². The van der Waals surface area contributed by atoms with Crippen molar-refractivity contribution in [1.82, 2.24) is 0 Å². The number of nitrogens with one attached hydrogen (secondary N) is 1. The van der Waals surface area contributed by atoms with E-state index in [9.17, 15) is 14.4 Å². The molecule has 0 aliphatic carbocycles. The van der Waals surface area contributed by atoms with Crippen molar-refractivity contribution in [3.05, 3.63) is 24.3 Å². The average molecular weight is 289 g/mol. The molecule has 0 spiro atoms. The molecule has 1 fully saturated rings. The van der Waals surface area contributed by atoms with Crippen molar-refractivity contribution in [2.24, 2.45) is 17.6 Å². The van der Waals surface area contributed by atoms with Crippen LogP contribution in [0.25, 0.3) is 0 Å². The van der Waals surface area contributed by atoms with Crippen LogP contribution in [0.4, 0.5) is 11.4 Å². The van der Waals surface area contributed by atoms with Gasteiger partial charge in [-0.2, -0.15) is 0 Å². The molecule has 1 unspecified atom stereocenters. The third-order valence-electron chi connectivity index (χ3n) is 3.50. The second-order valence-electron chi connectivity index (χ2n) is 5.50. The van der Waals surface area contributed by atoms with Gasteiger partial charge in [0.05, 0.1) is 5.92 Å². The van der Waals surface area contributed by atoms with E-state index in [1.165, 1.54) is 0 Å². The minimum absolute atomic E-state index is 0.0613. The van der Waals surface area contributed by atoms with E-state index in [0.29, 0.717) is 17.9 Å². The van der Waals surface area contributed by atoms with Gasteiger partial charge in [-0.25, -0.2) is 0 Å². The molecule has 0 bridgehead atoms. The van der Waals surface area contributed by atoms with E-state index in [1.54, 1.807) is 29.2 Å². The van der Waals surface area contributed by atoms with Crippen LogP contribution in [0, 0.1) is 11.8 Å². The fourth-order valence-corrected chi connectivity index (χ4v) is 2.16. The summed E-state index contributed by atoms with van der Waals surface area (Å²) < 4.78 is 0. The lowest BCUT2D eigenvalue weighted by molar-refractivity contribution is -0.123. The summed E-state index contributed by atoms with van der Waals surface area (Å²) in [5.74, 6) is -1.16. The fourth-order valence-electron chi connectivity index (χ4n) is 2.16. The number of amides is 3. The van der Waals surface area contributed by atoms with Gasteiger partial charge in [-0.1, -0.05) is 13.8 Å². The van der Waals surface area contributed by atoms with Gasteiger partial charge in [-0.05, 0) is 24.3 Å². The number of benzene rings is 1. The summed E-state index contributed by atoms with van der Waals surface area (Å²) >= 11 is 0. The Morgan fingerprint density at radius 2 is 1.90 bits per heavy atom. The Bertz CT molecular complexity index is 566. The Labute approximate surface area is 123 Å². The van der Waals surface area contributed by atoms with Gasteiger partial charge in [-0.15, -0.1) is 0 Å². The molecular formula is C15H19N3O3. The summed E-state index contributed by atoms with van der Waals surface area (Å²) in [6.07, 6.45) is 0.154. The molecule has 1 saturated heterocycles. The molecule has 1 aromatic carbocycles. The molecule has 2 rings (SSSR count). The van der Waals surface area contributed by atoms with Crippen LogP contribution in [-0.4, -0.2) is 24.3 Å². The standard InChI is InChI=1S/C15H19N3O3/c1-9(2)15(21)17-11-3-5-12(6-4-11)18-8-10(14(16)20)7-13(18)19/h3-6,9-10H,7-8H2,1-2H3,(H2,16,20)(H,17,21). The molecule has 1 aliphatic rings. The summed E-state index contributed by atoms with van der Waals surface area (Å²) in [5, 5.41) is 2.78. The molecule has 6 nitrogen and oxygen atoms in total. The number of hydrogen-bond donors (Lipinski definition) is 2. The third kappa shape index (κ3) is 3.39. The van der Waals surface area contributed by atoms with Crippen molar-refractivity contribution < 1.29 is 14.4 Å². The van der Waals surface area contributed by atoms with Crippen LogP contribution in [0.15, 0.2) is 24.3 Å². The maximum Gasteiger partial charge on any atom is 0.227 e. The van der Waals surface area contributed by atoms with Crippen LogP contribution in [-0.2, 0) is 14.4 Å². The van der Waals surface area contributed by atoms with Gasteiger partial charge in [0.1, 0.15) is 0 Å². The summed E-state index contributed by atoms with van der Waals surface area (Å²) in [6, 6.07) is 6.97. The van der Waals surface area contributed by atoms with E-state index in [1.807, 2.05) is 13.8 Å². The smallest absolute Gasteiger partial charge is 0.227 e. The highest BCUT2D eigenvalue weighted by Gasteiger charge is 2.33. The Balaban J connectivity index is 2.07. The van der Waals surface area contributed by atoms with E-state index in [2.05, 4.69) is 5.32 Å². The molecule has 3 N–H and O–H groups in total. The van der Waals surface area contributed by atoms with Crippen molar-refractivity contribution in [2.75, 3.05) is 16.8 Å². The quantitative estimate of drug-likeness (QED) is 0.870. The van der Waals surface area contributed by atoms with Gasteiger partial charge in [0, 0.05) is 30.3 Å². The van der Waals surface area contributed by atoms with Gasteiger partial charge >= 0.3 is 0 Å². The first-order valence-corrected chi connectivity index (χ1v) is 6.89. The Kier molecular flexibility index (Phi) is 4.26. The second-order valence-corrected chi connectivity index (χ2v) is 5.50. The Morgan fingerprint density at radius 1 is 1.29 bits per heavy atom. The van der Waals surface area contributed by atoms with Crippen LogP contribution in [0.5, 0.6) is 0 Å². The zero-order valence-electron chi connectivity index (χ0n) is 12.1. The molecule has 21 heavy (non-hydrogen) atoms. The van der Waals surface area contributed by atoms with E-state index >= 15 is 0 Å². The van der Waals surface area contributed by atoms with E-state index in [4.69, 9.17) is 5.73 Å². The van der Waals surface area contributed by atoms with Gasteiger partial charge in [-0.3, -0.25) is 14.4 Å². The molecular weight excluding hydrogens is 270 g/mol. The SMILES string of the molecule is CC(C)C(=O)Nc1ccc(N2CC(C(N)=O)CC2=O)cc1. The summed E-state index contributed by atoms with van der Waals surface area (Å²) in [7, 11) is 0. The van der Waals surface area contributed by atoms with Crippen LogP contribution in [0.2, 0.25) is 0 Å². The molecule has 1 aliphatic heterocycles. The highest BCUT2D eigenvalue weighted by Crippen LogP contribution is 2.26. The Morgan fingerprint density at radius 3 is 2.38 bits per heavy atom. The minimum atomic E-state index is -0.452. The Hall–Kier alpha value is -2.37. The second kappa shape index (κ2) is 5.95. The largest absolute Gasteiger partial charge is 0.369 e. The van der Waals surface area contributed by atoms with Crippen LogP contribution in [0.1, 0.15) is 20.3 Å². The fraction of sp³-hybridized carbons (Fsp3) is 0.400. The van der Waals surface area contributed by atoms with E-state index in [0.717, 1.165) is 0 Å². The van der Waals surface area contributed by atoms with E-state index in [-0.39, 0.29) is 24.2 Å². The summed E-state index contributed by atoms with van der Waals surface area (Å²) in [5.41, 5.74) is 6.62. The molecule has 1 heterocycles. The number of carbonyl (C=O) groups is 3. The lowest BCUT2D eigenvalue weighted by Gasteiger charge is -2.17. The van der Waals surface area contributed by atoms with Crippen molar-refractivity contribution in [1.29, 1.82) is 0 Å². The summed E-state index contributed by atoms with van der Waals surface area (Å²) in [6.45, 7) is 3.94. The molecule has 1 aromatic rings. The maximum absolute atomic E-state index is 11.9. The normalized spacial score (nSPS) is 18.1. The first-order valence-electron chi connectivity index (χ1n) is 6.89. The average Bonchev–Trinajstić information content (AvgIpc) is 2.82. The first-order chi connectivity index (χ1) is 9.88. The van der Waals surface area contributed by atoms with Gasteiger partial charge < -0.3 is 16.0 Å². The topological polar surface area (TPSA) is 92.5 Å². The van der Waals surface area contributed by atoms with Crippen molar-refractivity contribution >= 4 is 29.1 Å². The number of primary amides is 1. The van der Waals surface area contributed by atoms with Crippen molar-refractivity contribution in [3.63, 3.8) is 0 Å². The first kappa shape index (κ1) is 15.0. The molecule has 0 saturated carbocycles. The molecule has 0 radical (unpaired) electrons. The number of carbonyl (C=O) groups excluding carboxylic acids is 3. The number of nitrogens with zero attached hydrogens (tertiary/aromatic N) is 1. The zero-order chi connectivity index (χ0) is 15.6. The van der Waals surface area contributed by atoms with Gasteiger partial charge in [0.25, 0.3) is 0 Å². The predicted octanol–water partition coefficient (Wildman–Crippen LogP) is 1.12. The van der Waals surface area contributed by atoms with Gasteiger partial charge in [0.15, 0.2) is 0 Å². The minimum Gasteiger partial charge on any atom is -0.369 e. The maximum atomic E-state index is 11.9. The van der Waals surface area contributed by atoms with Crippen molar-refractivity contribution in [3.8, 4) is 0 Å². The zero-order valence-corrected chi connectivity index (χ0v) is 12.1. The molecule has 1 atom stereocenters.